The van der Waals surface area contributed by atoms with E-state index in [4.69, 9.17) is 21.1 Å². The minimum Gasteiger partial charge on any atom is -0.492 e. The van der Waals surface area contributed by atoms with Crippen LogP contribution in [0.3, 0.4) is 0 Å². The molecule has 0 saturated carbocycles. The van der Waals surface area contributed by atoms with E-state index in [2.05, 4.69) is 27.0 Å². The summed E-state index contributed by atoms with van der Waals surface area (Å²) in [5.41, 5.74) is 2.53. The third-order valence-electron chi connectivity index (χ3n) is 7.26. The number of carbonyl (C=O) groups is 1. The molecule has 2 atom stereocenters. The molecule has 1 aliphatic heterocycles. The minimum absolute atomic E-state index is 0.0750. The standard InChI is InChI=1S/C31H39ClN6O4/c1-4-41-29-15-26-23(14-27(29)36-30(40)8-6-12-38(2)3)31(21(16-33)17-35-26)37-25-10-9-22(13-24(25)32)42-19-28-20(18-39)7-5-11-34-28/h9-10,13-15,17,20,28,34,39H,4-8,11-12,18-19H2,1-3H3,(H,35,37)(H,36,40). The van der Waals surface area contributed by atoms with Crippen LogP contribution in [0.1, 0.15) is 38.2 Å². The first-order valence-corrected chi connectivity index (χ1v) is 14.7. The second-order valence-corrected chi connectivity index (χ2v) is 11.0. The van der Waals surface area contributed by atoms with Crippen LogP contribution in [-0.4, -0.2) is 73.9 Å². The van der Waals surface area contributed by atoms with Gasteiger partial charge < -0.3 is 35.4 Å². The Morgan fingerprint density at radius 1 is 1.26 bits per heavy atom. The van der Waals surface area contributed by atoms with Crippen LogP contribution in [0.2, 0.25) is 5.02 Å². The summed E-state index contributed by atoms with van der Waals surface area (Å²) in [6, 6.07) is 11.1. The Labute approximate surface area is 252 Å². The summed E-state index contributed by atoms with van der Waals surface area (Å²) in [6.07, 6.45) is 4.60. The zero-order valence-electron chi connectivity index (χ0n) is 24.4. The first kappa shape index (κ1) is 31.3. The number of aliphatic hydroxyl groups excluding tert-OH is 1. The molecule has 2 heterocycles. The maximum Gasteiger partial charge on any atom is 0.224 e. The van der Waals surface area contributed by atoms with Crippen molar-refractivity contribution >= 4 is 45.5 Å². The zero-order valence-corrected chi connectivity index (χ0v) is 25.1. The molecule has 11 heteroatoms. The van der Waals surface area contributed by atoms with E-state index in [1.165, 1.54) is 6.20 Å². The minimum atomic E-state index is -0.122. The van der Waals surface area contributed by atoms with E-state index in [1.54, 1.807) is 24.3 Å². The van der Waals surface area contributed by atoms with Crippen molar-refractivity contribution < 1.29 is 19.4 Å². The third kappa shape index (κ3) is 8.01. The number of halogens is 1. The summed E-state index contributed by atoms with van der Waals surface area (Å²) in [4.78, 5) is 19.2. The molecule has 1 fully saturated rings. The molecule has 0 bridgehead atoms. The number of anilines is 3. The highest BCUT2D eigenvalue weighted by Gasteiger charge is 2.24. The van der Waals surface area contributed by atoms with Crippen molar-refractivity contribution in [3.63, 3.8) is 0 Å². The summed E-state index contributed by atoms with van der Waals surface area (Å²) in [6.45, 7) is 4.55. The average molecular weight is 595 g/mol. The molecular formula is C31H39ClN6O4. The van der Waals surface area contributed by atoms with Gasteiger partial charge in [0.05, 0.1) is 39.8 Å². The Bertz CT molecular complexity index is 1430. The van der Waals surface area contributed by atoms with E-state index in [-0.39, 0.29) is 24.5 Å². The fraction of sp³-hybridized carbons (Fsp3) is 0.452. The molecule has 3 aromatic rings. The lowest BCUT2D eigenvalue weighted by molar-refractivity contribution is -0.116. The first-order chi connectivity index (χ1) is 20.3. The normalized spacial score (nSPS) is 16.7. The number of nitrogens with one attached hydrogen (secondary N) is 3. The number of hydrogen-bond donors (Lipinski definition) is 4. The molecule has 0 aliphatic carbocycles. The lowest BCUT2D eigenvalue weighted by atomic mass is 9.92. The monoisotopic (exact) mass is 594 g/mol. The van der Waals surface area contributed by atoms with Gasteiger partial charge in [-0.15, -0.1) is 0 Å². The predicted molar refractivity (Wildman–Crippen MR) is 166 cm³/mol. The number of carbonyl (C=O) groups excluding carboxylic acids is 1. The maximum atomic E-state index is 12.7. The summed E-state index contributed by atoms with van der Waals surface area (Å²) in [5.74, 6) is 1.15. The Hall–Kier alpha value is -3.62. The smallest absolute Gasteiger partial charge is 0.224 e. The molecule has 224 valence electrons. The predicted octanol–water partition coefficient (Wildman–Crippen LogP) is 4.92. The number of amides is 1. The second kappa shape index (κ2) is 15.0. The summed E-state index contributed by atoms with van der Waals surface area (Å²) < 4.78 is 11.8. The lowest BCUT2D eigenvalue weighted by Gasteiger charge is -2.31. The lowest BCUT2D eigenvalue weighted by Crippen LogP contribution is -2.46. The second-order valence-electron chi connectivity index (χ2n) is 10.6. The van der Waals surface area contributed by atoms with Crippen LogP contribution in [0.4, 0.5) is 17.1 Å². The van der Waals surface area contributed by atoms with Crippen LogP contribution < -0.4 is 25.4 Å². The van der Waals surface area contributed by atoms with Gasteiger partial charge in [-0.1, -0.05) is 11.6 Å². The van der Waals surface area contributed by atoms with E-state index in [9.17, 15) is 15.2 Å². The fourth-order valence-electron chi connectivity index (χ4n) is 5.02. The van der Waals surface area contributed by atoms with Crippen LogP contribution >= 0.6 is 11.6 Å². The number of rotatable bonds is 13. The number of nitriles is 1. The highest BCUT2D eigenvalue weighted by molar-refractivity contribution is 6.33. The van der Waals surface area contributed by atoms with Gasteiger partial charge in [0.25, 0.3) is 0 Å². The average Bonchev–Trinajstić information content (AvgIpc) is 2.97. The van der Waals surface area contributed by atoms with Crippen LogP contribution in [0.15, 0.2) is 36.5 Å². The number of hydrogen-bond acceptors (Lipinski definition) is 9. The summed E-state index contributed by atoms with van der Waals surface area (Å²) in [5, 5.41) is 30.3. The quantitative estimate of drug-likeness (QED) is 0.218. The van der Waals surface area contributed by atoms with Gasteiger partial charge in [-0.05, 0) is 71.6 Å². The number of fused-ring (bicyclic) bond motifs is 1. The maximum absolute atomic E-state index is 12.7. The van der Waals surface area contributed by atoms with Crippen molar-refractivity contribution in [3.05, 3.63) is 47.1 Å². The molecule has 2 unspecified atom stereocenters. The van der Waals surface area contributed by atoms with Gasteiger partial charge in [0, 0.05) is 48.7 Å². The Morgan fingerprint density at radius 2 is 2.10 bits per heavy atom. The molecule has 0 spiro atoms. The van der Waals surface area contributed by atoms with E-state index >= 15 is 0 Å². The number of pyridine rings is 1. The van der Waals surface area contributed by atoms with E-state index in [1.807, 2.05) is 32.0 Å². The molecule has 4 N–H and O–H groups in total. The Kier molecular flexibility index (Phi) is 11.2. The number of piperidine rings is 1. The topological polar surface area (TPSA) is 132 Å². The molecule has 4 rings (SSSR count). The largest absolute Gasteiger partial charge is 0.492 e. The van der Waals surface area contributed by atoms with E-state index in [0.29, 0.717) is 69.7 Å². The van der Waals surface area contributed by atoms with Crippen LogP contribution in [0.25, 0.3) is 10.9 Å². The van der Waals surface area contributed by atoms with Crippen molar-refractivity contribution in [2.45, 2.75) is 38.6 Å². The first-order valence-electron chi connectivity index (χ1n) is 14.3. The van der Waals surface area contributed by atoms with Gasteiger partial charge >= 0.3 is 0 Å². The number of benzene rings is 2. The molecule has 10 nitrogen and oxygen atoms in total. The van der Waals surface area contributed by atoms with Crippen LogP contribution in [-0.2, 0) is 4.79 Å². The molecule has 1 aromatic heterocycles. The number of ether oxygens (including phenoxy) is 2. The van der Waals surface area contributed by atoms with Gasteiger partial charge in [-0.2, -0.15) is 5.26 Å². The Balaban J connectivity index is 1.58. The van der Waals surface area contributed by atoms with Crippen molar-refractivity contribution in [2.75, 3.05) is 57.6 Å². The number of nitrogens with zero attached hydrogens (tertiary/aromatic N) is 3. The van der Waals surface area contributed by atoms with Crippen molar-refractivity contribution in [2.24, 2.45) is 5.92 Å². The van der Waals surface area contributed by atoms with Gasteiger partial charge in [0.2, 0.25) is 5.91 Å². The van der Waals surface area contributed by atoms with Crippen LogP contribution in [0.5, 0.6) is 11.5 Å². The van der Waals surface area contributed by atoms with Gasteiger partial charge in [-0.3, -0.25) is 9.78 Å². The third-order valence-corrected chi connectivity index (χ3v) is 7.58. The fourth-order valence-corrected chi connectivity index (χ4v) is 5.24. The van der Waals surface area contributed by atoms with Crippen LogP contribution in [0, 0.1) is 17.2 Å². The Morgan fingerprint density at radius 3 is 2.81 bits per heavy atom. The number of aliphatic hydroxyl groups is 1. The SMILES string of the molecule is CCOc1cc2ncc(C#N)c(Nc3ccc(OCC4NCCCC4CO)cc3Cl)c2cc1NC(=O)CCCN(C)C. The summed E-state index contributed by atoms with van der Waals surface area (Å²) >= 11 is 6.66. The molecule has 0 radical (unpaired) electrons. The molecular weight excluding hydrogens is 556 g/mol. The highest BCUT2D eigenvalue weighted by atomic mass is 35.5. The number of aromatic nitrogens is 1. The van der Waals surface area contributed by atoms with Crippen molar-refractivity contribution in [1.82, 2.24) is 15.2 Å². The van der Waals surface area contributed by atoms with Gasteiger partial charge in [0.15, 0.2) is 0 Å². The molecule has 1 aliphatic rings. The molecule has 42 heavy (non-hydrogen) atoms. The zero-order chi connectivity index (χ0) is 30.1. The molecule has 2 aromatic carbocycles. The van der Waals surface area contributed by atoms with Gasteiger partial charge in [-0.25, -0.2) is 0 Å². The molecule has 1 saturated heterocycles. The van der Waals surface area contributed by atoms with Gasteiger partial charge in [0.1, 0.15) is 24.2 Å². The van der Waals surface area contributed by atoms with E-state index in [0.717, 1.165) is 32.4 Å². The summed E-state index contributed by atoms with van der Waals surface area (Å²) in [7, 11) is 3.94. The van der Waals surface area contributed by atoms with Crippen molar-refractivity contribution in [1.29, 1.82) is 5.26 Å². The van der Waals surface area contributed by atoms with E-state index < -0.39 is 0 Å². The van der Waals surface area contributed by atoms with Crippen molar-refractivity contribution in [3.8, 4) is 17.6 Å². The molecule has 1 amide bonds. The highest BCUT2D eigenvalue weighted by Crippen LogP contribution is 2.38.